The molecule has 5 aromatic rings. The molecule has 0 spiro atoms. The number of amides is 6. The number of piperidine rings is 1. The zero-order chi connectivity index (χ0) is 52.3. The third-order valence-corrected chi connectivity index (χ3v) is 13.4. The summed E-state index contributed by atoms with van der Waals surface area (Å²) in [6, 6.07) is 25.6. The number of hydrogen-bond acceptors (Lipinski definition) is 11. The zero-order valence-corrected chi connectivity index (χ0v) is 42.9. The number of nitrogens with one attached hydrogen (secondary N) is 5. The second-order valence-electron chi connectivity index (χ2n) is 19.6. The number of urea groups is 2. The Morgan fingerprint density at radius 2 is 1.48 bits per heavy atom. The lowest BCUT2D eigenvalue weighted by molar-refractivity contribution is 0.0761. The third kappa shape index (κ3) is 14.3. The average molecular weight is 1000 g/mol. The van der Waals surface area contributed by atoms with Crippen LogP contribution in [0.25, 0.3) is 10.8 Å². The fourth-order valence-corrected chi connectivity index (χ4v) is 9.74. The van der Waals surface area contributed by atoms with Crippen LogP contribution in [-0.2, 0) is 6.54 Å². The Hall–Kier alpha value is -7.18. The maximum Gasteiger partial charge on any atom is 0.326 e. The van der Waals surface area contributed by atoms with Crippen LogP contribution in [0, 0.1) is 17.0 Å². The number of likely N-dealkylation sites (N-methyl/N-ethyl adjacent to an activating group) is 2. The minimum absolute atomic E-state index is 0.00636. The highest BCUT2D eigenvalue weighted by Crippen LogP contribution is 2.37. The van der Waals surface area contributed by atoms with Gasteiger partial charge in [0.05, 0.1) is 11.7 Å². The summed E-state index contributed by atoms with van der Waals surface area (Å²) in [6.07, 6.45) is 4.85. The van der Waals surface area contributed by atoms with Crippen LogP contribution >= 0.6 is 0 Å². The first-order valence-electron chi connectivity index (χ1n) is 25.0. The summed E-state index contributed by atoms with van der Waals surface area (Å²) in [5, 5.41) is 21.3. The Kier molecular flexibility index (Phi) is 18.0. The lowest BCUT2D eigenvalue weighted by atomic mass is 9.96. The van der Waals surface area contributed by atoms with Crippen molar-refractivity contribution in [3.8, 4) is 5.75 Å². The molecule has 4 aromatic carbocycles. The van der Waals surface area contributed by atoms with E-state index in [9.17, 15) is 28.0 Å². The fourth-order valence-electron chi connectivity index (χ4n) is 9.74. The molecule has 2 bridgehead atoms. The first kappa shape index (κ1) is 53.6. The van der Waals surface area contributed by atoms with Gasteiger partial charge in [-0.05, 0) is 144 Å². The minimum Gasteiger partial charge on any atom is -0.491 e. The van der Waals surface area contributed by atoms with Gasteiger partial charge < -0.3 is 45.7 Å². The maximum absolute atomic E-state index is 13.5. The van der Waals surface area contributed by atoms with Gasteiger partial charge in [-0.1, -0.05) is 24.3 Å². The summed E-state index contributed by atoms with van der Waals surface area (Å²) in [7, 11) is 7.46. The lowest BCUT2D eigenvalue weighted by Gasteiger charge is -2.39. The first-order valence-corrected chi connectivity index (χ1v) is 25.0. The van der Waals surface area contributed by atoms with Crippen LogP contribution in [0.3, 0.4) is 0 Å². The van der Waals surface area contributed by atoms with Gasteiger partial charge in [0.2, 0.25) is 0 Å². The number of carbonyl (C=O) groups is 4. The van der Waals surface area contributed by atoms with E-state index < -0.39 is 11.9 Å². The molecule has 3 saturated heterocycles. The van der Waals surface area contributed by atoms with Gasteiger partial charge in [0.25, 0.3) is 11.8 Å². The molecule has 16 nitrogen and oxygen atoms in total. The number of pyridine rings is 1. The third-order valence-electron chi connectivity index (χ3n) is 13.4. The van der Waals surface area contributed by atoms with Crippen LogP contribution in [-0.4, -0.2) is 146 Å². The second-order valence-corrected chi connectivity index (χ2v) is 19.6. The molecule has 5 N–H and O–H groups in total. The Morgan fingerprint density at radius 3 is 2.16 bits per heavy atom. The minimum atomic E-state index is -0.681. The van der Waals surface area contributed by atoms with Gasteiger partial charge in [-0.3, -0.25) is 19.8 Å². The number of carbonyl (C=O) groups excluding carboxylic acids is 4. The highest BCUT2D eigenvalue weighted by atomic mass is 19.1. The highest BCUT2D eigenvalue weighted by Gasteiger charge is 2.41. The van der Waals surface area contributed by atoms with Gasteiger partial charge in [0.15, 0.2) is 0 Å². The predicted octanol–water partition coefficient (Wildman–Crippen LogP) is 8.43. The summed E-state index contributed by atoms with van der Waals surface area (Å²) in [5.74, 6) is 0.193. The molecule has 0 saturated carbocycles. The molecular weight excluding hydrogens is 933 g/mol. The number of imide groups is 1. The zero-order valence-electron chi connectivity index (χ0n) is 42.9. The Balaban J connectivity index is 0.000000216. The van der Waals surface area contributed by atoms with Gasteiger partial charge in [-0.25, -0.2) is 23.4 Å². The van der Waals surface area contributed by atoms with Crippen molar-refractivity contribution in [1.29, 1.82) is 5.41 Å². The van der Waals surface area contributed by atoms with Crippen LogP contribution in [0.2, 0.25) is 0 Å². The normalized spacial score (nSPS) is 17.6. The smallest absolute Gasteiger partial charge is 0.326 e. The largest absolute Gasteiger partial charge is 0.491 e. The van der Waals surface area contributed by atoms with Gasteiger partial charge in [0, 0.05) is 107 Å². The first-order chi connectivity index (χ1) is 34.9. The fraction of sp³-hybridized carbons (Fsp3) is 0.418. The van der Waals surface area contributed by atoms with Crippen LogP contribution in [0.4, 0.5) is 35.7 Å². The number of fused-ring (bicyclic) bond motifs is 3. The van der Waals surface area contributed by atoms with E-state index in [1.807, 2.05) is 61.8 Å². The van der Waals surface area contributed by atoms with Gasteiger partial charge in [-0.15, -0.1) is 0 Å². The molecule has 2 atom stereocenters. The average Bonchev–Trinajstić information content (AvgIpc) is 3.50. The SMILES string of the molecule is CNc1nc(N(C)CCN(C)C)c(C(=O)NC(=O)Nc2cccc(OC(C)C)c2)cc1C(C)=N.O=C(NC1CC2CCC(C1)N2Cc1ccc2cc(F)ccc2c1)N1CCCN(C(=O)c2ccc(F)cc2)CC1. The Morgan fingerprint density at radius 1 is 0.808 bits per heavy atom. The van der Waals surface area contributed by atoms with E-state index in [-0.39, 0.29) is 47.0 Å². The van der Waals surface area contributed by atoms with Crippen molar-refractivity contribution in [2.75, 3.05) is 83.0 Å². The van der Waals surface area contributed by atoms with E-state index in [2.05, 4.69) is 43.3 Å². The molecule has 18 heteroatoms. The molecule has 3 fully saturated rings. The van der Waals surface area contributed by atoms with Crippen LogP contribution < -0.4 is 30.9 Å². The van der Waals surface area contributed by atoms with Gasteiger partial charge in [-0.2, -0.15) is 0 Å². The number of hydrogen-bond donors (Lipinski definition) is 5. The van der Waals surface area contributed by atoms with Crippen molar-refractivity contribution in [3.63, 3.8) is 0 Å². The van der Waals surface area contributed by atoms with Crippen molar-refractivity contribution in [2.45, 2.75) is 83.6 Å². The Labute approximate surface area is 426 Å². The number of benzene rings is 4. The molecule has 73 heavy (non-hydrogen) atoms. The van der Waals surface area contributed by atoms with Crippen molar-refractivity contribution in [2.24, 2.45) is 0 Å². The van der Waals surface area contributed by atoms with Crippen LogP contribution in [0.1, 0.15) is 84.7 Å². The van der Waals surface area contributed by atoms with Crippen molar-refractivity contribution < 1.29 is 32.7 Å². The van der Waals surface area contributed by atoms with Crippen LogP contribution in [0.5, 0.6) is 5.75 Å². The van der Waals surface area contributed by atoms with E-state index in [0.717, 1.165) is 49.5 Å². The quantitative estimate of drug-likeness (QED) is 0.0679. The number of rotatable bonds is 14. The van der Waals surface area contributed by atoms with E-state index in [1.54, 1.807) is 55.3 Å². The summed E-state index contributed by atoms with van der Waals surface area (Å²) in [4.78, 5) is 66.4. The number of nitrogens with zero attached hydrogens (tertiary/aromatic N) is 6. The van der Waals surface area contributed by atoms with E-state index >= 15 is 0 Å². The van der Waals surface area contributed by atoms with Crippen molar-refractivity contribution >= 4 is 57.7 Å². The molecule has 388 valence electrons. The summed E-state index contributed by atoms with van der Waals surface area (Å²) < 4.78 is 32.4. The van der Waals surface area contributed by atoms with Gasteiger partial charge in [0.1, 0.15) is 29.0 Å². The van der Waals surface area contributed by atoms with Crippen molar-refractivity contribution in [1.82, 2.24) is 35.2 Å². The van der Waals surface area contributed by atoms with Gasteiger partial charge >= 0.3 is 12.1 Å². The number of aromatic nitrogens is 1. The molecular formula is C55H69F2N11O5. The van der Waals surface area contributed by atoms with Crippen molar-refractivity contribution in [3.05, 3.63) is 125 Å². The predicted molar refractivity (Wildman–Crippen MR) is 283 cm³/mol. The molecule has 4 heterocycles. The van der Waals surface area contributed by atoms with E-state index in [4.69, 9.17) is 10.1 Å². The molecule has 3 aliphatic heterocycles. The highest BCUT2D eigenvalue weighted by molar-refractivity contribution is 6.12. The lowest BCUT2D eigenvalue weighted by Crippen LogP contribution is -2.53. The molecule has 2 unspecified atom stereocenters. The summed E-state index contributed by atoms with van der Waals surface area (Å²) in [5.41, 5.74) is 3.13. The molecule has 0 aliphatic carbocycles. The molecule has 6 amide bonds. The summed E-state index contributed by atoms with van der Waals surface area (Å²) >= 11 is 0. The van der Waals surface area contributed by atoms with E-state index in [1.165, 1.54) is 35.9 Å². The molecule has 0 radical (unpaired) electrons. The standard InChI is InChI=1S/C31H34F2N4O2.C24H35N7O3/c32-25-7-4-22(5-8-25)30(38)35-12-1-13-36(15-14-35)31(39)34-27-18-28-10-11-29(19-27)37(28)20-21-2-3-24-17-26(33)9-6-23(24)16-21;1-15(2)34-18-10-8-9-17(13-18)27-24(33)29-23(32)20-14-19(16(3)25)21(26-4)28-22(20)31(7)12-11-30(5)6/h2-9,16-17,27-29H,1,10-15,18-20H2,(H,34,39);8-10,13-15,25H,11-12H2,1-7H3,(H,26,28)(H2,27,29,32,33). The maximum atomic E-state index is 13.5. The summed E-state index contributed by atoms with van der Waals surface area (Å²) in [6.45, 7) is 9.80. The molecule has 3 aliphatic rings. The van der Waals surface area contributed by atoms with Crippen LogP contribution in [0.15, 0.2) is 91.0 Å². The topological polar surface area (TPSA) is 179 Å². The Bertz CT molecular complexity index is 2760. The number of ether oxygens (including phenoxy) is 1. The van der Waals surface area contributed by atoms with E-state index in [0.29, 0.717) is 85.4 Å². The second kappa shape index (κ2) is 24.5. The monoisotopic (exact) mass is 1000 g/mol. The number of halogens is 2. The number of anilines is 3. The molecule has 8 rings (SSSR count). The molecule has 1 aromatic heterocycles.